The van der Waals surface area contributed by atoms with Crippen LogP contribution in [0.4, 0.5) is 0 Å². The van der Waals surface area contributed by atoms with E-state index in [0.29, 0.717) is 6.42 Å². The van der Waals surface area contributed by atoms with Crippen molar-refractivity contribution in [3.8, 4) is 11.8 Å². The molecule has 13 heavy (non-hydrogen) atoms. The first-order chi connectivity index (χ1) is 6.19. The Morgan fingerprint density at radius 2 is 2.23 bits per heavy atom. The molecular weight excluding hydrogens is 230 g/mol. The minimum absolute atomic E-state index is 0.427. The van der Waals surface area contributed by atoms with E-state index in [9.17, 15) is 0 Å². The molecule has 0 aromatic heterocycles. The number of nitriles is 1. The number of ether oxygens (including phenoxy) is 1. The molecule has 0 heterocycles. The van der Waals surface area contributed by atoms with E-state index in [0.717, 1.165) is 21.3 Å². The minimum atomic E-state index is 0.427. The summed E-state index contributed by atoms with van der Waals surface area (Å²) in [7, 11) is 1.63. The van der Waals surface area contributed by atoms with Gasteiger partial charge in [0.2, 0.25) is 0 Å². The van der Waals surface area contributed by atoms with Gasteiger partial charge in [-0.1, -0.05) is 15.9 Å². The average molecular weight is 240 g/mol. The average Bonchev–Trinajstić information content (AvgIpc) is 2.11. The lowest BCUT2D eigenvalue weighted by Crippen LogP contribution is -1.92. The van der Waals surface area contributed by atoms with Gasteiger partial charge in [-0.3, -0.25) is 0 Å². The van der Waals surface area contributed by atoms with Gasteiger partial charge in [0.05, 0.1) is 19.6 Å². The second-order valence-electron chi connectivity index (χ2n) is 2.74. The van der Waals surface area contributed by atoms with E-state index < -0.39 is 0 Å². The van der Waals surface area contributed by atoms with Gasteiger partial charge in [-0.25, -0.2) is 0 Å². The molecule has 0 bridgehead atoms. The quantitative estimate of drug-likeness (QED) is 0.796. The van der Waals surface area contributed by atoms with E-state index in [4.69, 9.17) is 10.00 Å². The molecule has 1 aromatic carbocycles. The van der Waals surface area contributed by atoms with Gasteiger partial charge in [0.25, 0.3) is 0 Å². The smallest absolute Gasteiger partial charge is 0.120 e. The Labute approximate surface area is 86.3 Å². The standard InChI is InChI=1S/C10H10BrNO/c1-7-5-8(13-2)6-10(11)9(7)3-4-12/h5-6H,3H2,1-2H3. The number of hydrogen-bond donors (Lipinski definition) is 0. The Hall–Kier alpha value is -1.01. The third-order valence-electron chi connectivity index (χ3n) is 1.88. The van der Waals surface area contributed by atoms with Crippen molar-refractivity contribution in [2.24, 2.45) is 0 Å². The van der Waals surface area contributed by atoms with Crippen LogP contribution in [0.3, 0.4) is 0 Å². The van der Waals surface area contributed by atoms with Crippen LogP contribution in [-0.2, 0) is 6.42 Å². The van der Waals surface area contributed by atoms with Gasteiger partial charge in [-0.15, -0.1) is 0 Å². The molecule has 2 nitrogen and oxygen atoms in total. The summed E-state index contributed by atoms with van der Waals surface area (Å²) in [6, 6.07) is 5.93. The van der Waals surface area contributed by atoms with Crippen LogP contribution in [0.5, 0.6) is 5.75 Å². The van der Waals surface area contributed by atoms with Gasteiger partial charge in [0, 0.05) is 4.47 Å². The summed E-state index contributed by atoms with van der Waals surface area (Å²) in [6.07, 6.45) is 0.427. The largest absolute Gasteiger partial charge is 0.497 e. The second kappa shape index (κ2) is 4.29. The lowest BCUT2D eigenvalue weighted by molar-refractivity contribution is 0.414. The molecule has 0 unspecified atom stereocenters. The zero-order valence-corrected chi connectivity index (χ0v) is 9.18. The number of nitrogens with zero attached hydrogens (tertiary/aromatic N) is 1. The van der Waals surface area contributed by atoms with Crippen molar-refractivity contribution in [2.45, 2.75) is 13.3 Å². The fraction of sp³-hybridized carbons (Fsp3) is 0.300. The maximum absolute atomic E-state index is 8.59. The van der Waals surface area contributed by atoms with E-state index in [1.807, 2.05) is 19.1 Å². The maximum atomic E-state index is 8.59. The lowest BCUT2D eigenvalue weighted by atomic mass is 10.1. The van der Waals surface area contributed by atoms with E-state index in [2.05, 4.69) is 22.0 Å². The Kier molecular flexibility index (Phi) is 3.32. The van der Waals surface area contributed by atoms with Crippen molar-refractivity contribution in [1.29, 1.82) is 5.26 Å². The van der Waals surface area contributed by atoms with Crippen LogP contribution in [0.25, 0.3) is 0 Å². The minimum Gasteiger partial charge on any atom is -0.497 e. The summed E-state index contributed by atoms with van der Waals surface area (Å²) < 4.78 is 6.03. The molecule has 0 fully saturated rings. The molecule has 1 rings (SSSR count). The van der Waals surface area contributed by atoms with Crippen molar-refractivity contribution in [1.82, 2.24) is 0 Å². The molecule has 0 amide bonds. The van der Waals surface area contributed by atoms with Crippen LogP contribution in [0.2, 0.25) is 0 Å². The molecule has 0 radical (unpaired) electrons. The summed E-state index contributed by atoms with van der Waals surface area (Å²) in [4.78, 5) is 0. The number of rotatable bonds is 2. The number of aryl methyl sites for hydroxylation is 1. The first-order valence-electron chi connectivity index (χ1n) is 3.89. The molecule has 1 aromatic rings. The molecule has 0 aliphatic carbocycles. The topological polar surface area (TPSA) is 33.0 Å². The third kappa shape index (κ3) is 2.22. The van der Waals surface area contributed by atoms with Gasteiger partial charge in [-0.05, 0) is 30.2 Å². The molecule has 0 N–H and O–H groups in total. The highest BCUT2D eigenvalue weighted by molar-refractivity contribution is 9.10. The highest BCUT2D eigenvalue weighted by Gasteiger charge is 2.05. The Morgan fingerprint density at radius 3 is 2.69 bits per heavy atom. The predicted octanol–water partition coefficient (Wildman–Crippen LogP) is 2.83. The van der Waals surface area contributed by atoms with E-state index in [-0.39, 0.29) is 0 Å². The van der Waals surface area contributed by atoms with Crippen LogP contribution in [0, 0.1) is 18.3 Å². The van der Waals surface area contributed by atoms with E-state index in [1.54, 1.807) is 7.11 Å². The second-order valence-corrected chi connectivity index (χ2v) is 3.59. The molecule has 0 saturated heterocycles. The monoisotopic (exact) mass is 239 g/mol. The number of halogens is 1. The van der Waals surface area contributed by atoms with Crippen molar-refractivity contribution in [2.75, 3.05) is 7.11 Å². The molecular formula is C10H10BrNO. The van der Waals surface area contributed by atoms with Crippen molar-refractivity contribution in [3.05, 3.63) is 27.7 Å². The van der Waals surface area contributed by atoms with Gasteiger partial charge < -0.3 is 4.74 Å². The maximum Gasteiger partial charge on any atom is 0.120 e. The van der Waals surface area contributed by atoms with Crippen molar-refractivity contribution >= 4 is 15.9 Å². The first-order valence-corrected chi connectivity index (χ1v) is 4.68. The molecule has 0 spiro atoms. The van der Waals surface area contributed by atoms with Gasteiger partial charge in [0.1, 0.15) is 5.75 Å². The lowest BCUT2D eigenvalue weighted by Gasteiger charge is -2.07. The van der Waals surface area contributed by atoms with Gasteiger partial charge in [0.15, 0.2) is 0 Å². The van der Waals surface area contributed by atoms with Crippen molar-refractivity contribution < 1.29 is 4.74 Å². The SMILES string of the molecule is COc1cc(C)c(CC#N)c(Br)c1. The highest BCUT2D eigenvalue weighted by atomic mass is 79.9. The molecule has 0 atom stereocenters. The molecule has 68 valence electrons. The van der Waals surface area contributed by atoms with Crippen LogP contribution in [-0.4, -0.2) is 7.11 Å². The van der Waals surface area contributed by atoms with Crippen molar-refractivity contribution in [3.63, 3.8) is 0 Å². The van der Waals surface area contributed by atoms with E-state index in [1.165, 1.54) is 0 Å². The van der Waals surface area contributed by atoms with Gasteiger partial charge >= 0.3 is 0 Å². The number of methoxy groups -OCH3 is 1. The number of hydrogen-bond acceptors (Lipinski definition) is 2. The summed E-state index contributed by atoms with van der Waals surface area (Å²) in [5.41, 5.74) is 2.11. The summed E-state index contributed by atoms with van der Waals surface area (Å²) in [6.45, 7) is 1.97. The van der Waals surface area contributed by atoms with Crippen LogP contribution in [0.1, 0.15) is 11.1 Å². The molecule has 0 aliphatic rings. The normalized spacial score (nSPS) is 9.38. The first kappa shape index (κ1) is 10.1. The van der Waals surface area contributed by atoms with Crippen LogP contribution in [0.15, 0.2) is 16.6 Å². The molecule has 3 heteroatoms. The number of benzene rings is 1. The van der Waals surface area contributed by atoms with E-state index >= 15 is 0 Å². The highest BCUT2D eigenvalue weighted by Crippen LogP contribution is 2.26. The zero-order valence-electron chi connectivity index (χ0n) is 7.60. The van der Waals surface area contributed by atoms with Gasteiger partial charge in [-0.2, -0.15) is 5.26 Å². The summed E-state index contributed by atoms with van der Waals surface area (Å²) >= 11 is 3.41. The predicted molar refractivity (Wildman–Crippen MR) is 54.7 cm³/mol. The fourth-order valence-corrected chi connectivity index (χ4v) is 1.84. The molecule has 0 aliphatic heterocycles. The Bertz CT molecular complexity index is 331. The summed E-state index contributed by atoms with van der Waals surface area (Å²) in [5.74, 6) is 0.811. The fourth-order valence-electron chi connectivity index (χ4n) is 1.16. The van der Waals surface area contributed by atoms with Crippen LogP contribution >= 0.6 is 15.9 Å². The summed E-state index contributed by atoms with van der Waals surface area (Å²) in [5, 5.41) is 8.59. The van der Waals surface area contributed by atoms with Crippen LogP contribution < -0.4 is 4.74 Å². The Morgan fingerprint density at radius 1 is 1.54 bits per heavy atom. The molecule has 0 saturated carbocycles. The third-order valence-corrected chi connectivity index (χ3v) is 2.59. The zero-order chi connectivity index (χ0) is 9.84. The Balaban J connectivity index is 3.16.